The molecule has 7 heteroatoms. The molecular weight excluding hydrogens is 202 g/mol. The largest absolute Gasteiger partial charge is 0.480 e. The van der Waals surface area contributed by atoms with Crippen LogP contribution in [0.15, 0.2) is 12.3 Å². The van der Waals surface area contributed by atoms with Crippen molar-refractivity contribution in [2.45, 2.75) is 6.54 Å². The molecule has 0 aliphatic carbocycles. The van der Waals surface area contributed by atoms with Gasteiger partial charge in [-0.1, -0.05) is 0 Å². The number of anilines is 1. The van der Waals surface area contributed by atoms with E-state index in [2.05, 4.69) is 14.6 Å². The van der Waals surface area contributed by atoms with Crippen molar-refractivity contribution in [1.29, 1.82) is 0 Å². The molecule has 74 valence electrons. The van der Waals surface area contributed by atoms with Crippen LogP contribution in [0.1, 0.15) is 4.88 Å². The van der Waals surface area contributed by atoms with Crippen molar-refractivity contribution < 1.29 is 4.74 Å². The molecule has 0 aromatic carbocycles. The second-order valence-electron chi connectivity index (χ2n) is 2.64. The number of nitrogen functional groups attached to an aromatic ring is 1. The lowest BCUT2D eigenvalue weighted by molar-refractivity contribution is 0.402. The molecule has 6 nitrogen and oxygen atoms in total. The molecule has 0 bridgehead atoms. The first kappa shape index (κ1) is 8.95. The molecule has 0 spiro atoms. The summed E-state index contributed by atoms with van der Waals surface area (Å²) in [6.45, 7) is 0.568. The van der Waals surface area contributed by atoms with E-state index in [1.54, 1.807) is 7.11 Å². The Morgan fingerprint density at radius 1 is 1.64 bits per heavy atom. The molecule has 2 heterocycles. The summed E-state index contributed by atoms with van der Waals surface area (Å²) in [6, 6.07) is 1.85. The third kappa shape index (κ3) is 1.82. The second-order valence-corrected chi connectivity index (χ2v) is 3.52. The predicted octanol–water partition coefficient (Wildman–Crippen LogP) is 0.374. The highest BCUT2D eigenvalue weighted by atomic mass is 32.1. The van der Waals surface area contributed by atoms with Gasteiger partial charge < -0.3 is 10.5 Å². The van der Waals surface area contributed by atoms with Gasteiger partial charge in [0.05, 0.1) is 24.7 Å². The summed E-state index contributed by atoms with van der Waals surface area (Å²) in [5.41, 5.74) is 5.43. The minimum absolute atomic E-state index is 0.418. The van der Waals surface area contributed by atoms with E-state index >= 15 is 0 Å². The molecule has 0 radical (unpaired) electrons. The summed E-state index contributed by atoms with van der Waals surface area (Å²) < 4.78 is 9.02. The van der Waals surface area contributed by atoms with E-state index in [0.29, 0.717) is 18.2 Å². The van der Waals surface area contributed by atoms with Gasteiger partial charge in [0.1, 0.15) is 0 Å². The van der Waals surface area contributed by atoms with Crippen LogP contribution in [-0.2, 0) is 6.54 Å². The third-order valence-electron chi connectivity index (χ3n) is 1.60. The topological polar surface area (TPSA) is 78.9 Å². The zero-order valence-corrected chi connectivity index (χ0v) is 8.36. The maximum absolute atomic E-state index is 5.43. The van der Waals surface area contributed by atoms with Crippen LogP contribution in [0.25, 0.3) is 0 Å². The fraction of sp³-hybridized carbons (Fsp3) is 0.286. The first-order valence-corrected chi connectivity index (χ1v) is 4.70. The fourth-order valence-corrected chi connectivity index (χ4v) is 1.65. The molecule has 0 aliphatic rings. The smallest absolute Gasteiger partial charge is 0.225 e. The van der Waals surface area contributed by atoms with E-state index in [0.717, 1.165) is 4.88 Å². The summed E-state index contributed by atoms with van der Waals surface area (Å²) in [6.07, 6.45) is 1.51. The Balaban J connectivity index is 2.10. The van der Waals surface area contributed by atoms with Crippen LogP contribution in [0.4, 0.5) is 5.82 Å². The Morgan fingerprint density at radius 3 is 3.07 bits per heavy atom. The van der Waals surface area contributed by atoms with E-state index in [-0.39, 0.29) is 0 Å². The maximum atomic E-state index is 5.43. The van der Waals surface area contributed by atoms with Crippen molar-refractivity contribution in [3.8, 4) is 5.88 Å². The summed E-state index contributed by atoms with van der Waals surface area (Å²) in [7, 11) is 1.59. The summed E-state index contributed by atoms with van der Waals surface area (Å²) in [5.74, 6) is 1.03. The van der Waals surface area contributed by atoms with Gasteiger partial charge in [0.25, 0.3) is 0 Å². The first-order valence-electron chi connectivity index (χ1n) is 3.93. The van der Waals surface area contributed by atoms with Crippen LogP contribution in [0.2, 0.25) is 0 Å². The Hall–Kier alpha value is -1.63. The van der Waals surface area contributed by atoms with Gasteiger partial charge >= 0.3 is 0 Å². The first-order chi connectivity index (χ1) is 6.78. The van der Waals surface area contributed by atoms with E-state index in [4.69, 9.17) is 10.5 Å². The van der Waals surface area contributed by atoms with Crippen molar-refractivity contribution in [2.24, 2.45) is 0 Å². The molecule has 2 aromatic rings. The molecule has 0 atom stereocenters. The van der Waals surface area contributed by atoms with Crippen molar-refractivity contribution in [3.63, 3.8) is 0 Å². The Morgan fingerprint density at radius 2 is 2.50 bits per heavy atom. The van der Waals surface area contributed by atoms with Crippen molar-refractivity contribution in [1.82, 2.24) is 19.4 Å². The molecular formula is C7H9N5OS. The molecule has 0 saturated heterocycles. The molecule has 0 saturated carbocycles. The van der Waals surface area contributed by atoms with Gasteiger partial charge in [-0.3, -0.25) is 0 Å². The van der Waals surface area contributed by atoms with Crippen LogP contribution in [0.3, 0.4) is 0 Å². The monoisotopic (exact) mass is 211 g/mol. The minimum atomic E-state index is 0.418. The van der Waals surface area contributed by atoms with Gasteiger partial charge in [0.2, 0.25) is 5.88 Å². The van der Waals surface area contributed by atoms with Gasteiger partial charge in [-0.2, -0.15) is 14.3 Å². The Bertz CT molecular complexity index is 423. The fourth-order valence-electron chi connectivity index (χ4n) is 0.991. The van der Waals surface area contributed by atoms with E-state index < -0.39 is 0 Å². The Kier molecular flexibility index (Phi) is 2.32. The summed E-state index contributed by atoms with van der Waals surface area (Å²) >= 11 is 1.36. The lowest BCUT2D eigenvalue weighted by atomic mass is 10.5. The molecule has 0 amide bonds. The summed E-state index contributed by atoms with van der Waals surface area (Å²) in [4.78, 5) is 2.54. The SMILES string of the molecule is COc1cc(Cn2ncc(N)n2)sn1. The van der Waals surface area contributed by atoms with Gasteiger partial charge in [0, 0.05) is 6.07 Å². The van der Waals surface area contributed by atoms with Crippen LogP contribution >= 0.6 is 11.5 Å². The number of nitrogens with two attached hydrogens (primary N) is 1. The predicted molar refractivity (Wildman–Crippen MR) is 52.2 cm³/mol. The molecule has 2 aromatic heterocycles. The zero-order valence-electron chi connectivity index (χ0n) is 7.54. The lowest BCUT2D eigenvalue weighted by Gasteiger charge is -1.93. The quantitative estimate of drug-likeness (QED) is 0.793. The van der Waals surface area contributed by atoms with Crippen molar-refractivity contribution in [3.05, 3.63) is 17.1 Å². The third-order valence-corrected chi connectivity index (χ3v) is 2.35. The van der Waals surface area contributed by atoms with E-state index in [1.165, 1.54) is 22.5 Å². The van der Waals surface area contributed by atoms with Gasteiger partial charge in [-0.05, 0) is 11.5 Å². The lowest BCUT2D eigenvalue weighted by Crippen LogP contribution is -2.02. The average molecular weight is 211 g/mol. The molecule has 0 fully saturated rings. The van der Waals surface area contributed by atoms with Gasteiger partial charge in [-0.15, -0.1) is 5.10 Å². The molecule has 0 unspecified atom stereocenters. The number of hydrogen-bond acceptors (Lipinski definition) is 6. The number of ether oxygens (including phenoxy) is 1. The average Bonchev–Trinajstić information content (AvgIpc) is 2.76. The molecule has 14 heavy (non-hydrogen) atoms. The highest BCUT2D eigenvalue weighted by Crippen LogP contribution is 2.16. The van der Waals surface area contributed by atoms with Crippen LogP contribution < -0.4 is 10.5 Å². The Labute approximate surface area is 84.5 Å². The van der Waals surface area contributed by atoms with Crippen molar-refractivity contribution in [2.75, 3.05) is 12.8 Å². The minimum Gasteiger partial charge on any atom is -0.480 e. The zero-order chi connectivity index (χ0) is 9.97. The normalized spacial score (nSPS) is 10.4. The molecule has 0 aliphatic heterocycles. The molecule has 2 rings (SSSR count). The standard InChI is InChI=1S/C7H9N5OS/c1-13-7-2-5(14-11-7)4-12-9-3-6(8)10-12/h2-3H,4H2,1H3,(H2,8,10). The number of aromatic nitrogens is 4. The second kappa shape index (κ2) is 3.62. The molecule has 2 N–H and O–H groups in total. The highest BCUT2D eigenvalue weighted by molar-refractivity contribution is 7.05. The number of hydrogen-bond donors (Lipinski definition) is 1. The van der Waals surface area contributed by atoms with E-state index in [1.807, 2.05) is 6.07 Å². The van der Waals surface area contributed by atoms with Crippen LogP contribution in [-0.4, -0.2) is 26.5 Å². The van der Waals surface area contributed by atoms with E-state index in [9.17, 15) is 0 Å². The maximum Gasteiger partial charge on any atom is 0.225 e. The summed E-state index contributed by atoms with van der Waals surface area (Å²) in [5, 5.41) is 7.93. The highest BCUT2D eigenvalue weighted by Gasteiger charge is 2.03. The number of methoxy groups -OCH3 is 1. The van der Waals surface area contributed by atoms with Crippen LogP contribution in [0, 0.1) is 0 Å². The van der Waals surface area contributed by atoms with Gasteiger partial charge in [0.15, 0.2) is 5.82 Å². The van der Waals surface area contributed by atoms with Crippen LogP contribution in [0.5, 0.6) is 5.88 Å². The number of nitrogens with zero attached hydrogens (tertiary/aromatic N) is 4. The number of rotatable bonds is 3. The van der Waals surface area contributed by atoms with Gasteiger partial charge in [-0.25, -0.2) is 0 Å². The van der Waals surface area contributed by atoms with Crippen molar-refractivity contribution >= 4 is 17.4 Å².